The highest BCUT2D eigenvalue weighted by Gasteiger charge is 2.30. The van der Waals surface area contributed by atoms with E-state index in [1.54, 1.807) is 25.1 Å². The molecule has 4 aromatic carbocycles. The van der Waals surface area contributed by atoms with Crippen LogP contribution in [-0.2, 0) is 24.4 Å². The highest BCUT2D eigenvalue weighted by Crippen LogP contribution is 2.44. The molecule has 9 heteroatoms. The molecule has 0 saturated carbocycles. The second kappa shape index (κ2) is 11.6. The van der Waals surface area contributed by atoms with Gasteiger partial charge >= 0.3 is 22.2 Å². The molecule has 1 atom stereocenters. The van der Waals surface area contributed by atoms with Crippen LogP contribution >= 0.6 is 0 Å². The minimum Gasteiger partial charge on any atom is -0.464 e. The SMILES string of the molecule is CCOC(=O)C(NC(=O)OCC1c2ccccc2-c2ccccc21)c1ccc(OS(=O)(=O)c2ccccc2)cc1. The number of fused-ring (bicyclic) bond motifs is 3. The number of hydrogen-bond donors (Lipinski definition) is 1. The number of ether oxygens (including phenoxy) is 2. The predicted octanol–water partition coefficient (Wildman–Crippen LogP) is 5.60. The summed E-state index contributed by atoms with van der Waals surface area (Å²) in [4.78, 5) is 25.6. The number of carbonyl (C=O) groups is 2. The van der Waals surface area contributed by atoms with E-state index in [4.69, 9.17) is 13.7 Å². The van der Waals surface area contributed by atoms with E-state index in [0.717, 1.165) is 22.3 Å². The van der Waals surface area contributed by atoms with Crippen molar-refractivity contribution in [1.82, 2.24) is 5.32 Å². The first-order valence-electron chi connectivity index (χ1n) is 12.7. The molecule has 0 heterocycles. The van der Waals surface area contributed by atoms with Gasteiger partial charge in [-0.1, -0.05) is 78.9 Å². The molecule has 204 valence electrons. The summed E-state index contributed by atoms with van der Waals surface area (Å²) < 4.78 is 41.0. The lowest BCUT2D eigenvalue weighted by Gasteiger charge is -2.19. The van der Waals surface area contributed by atoms with Gasteiger partial charge in [0, 0.05) is 5.92 Å². The van der Waals surface area contributed by atoms with Gasteiger partial charge in [0.2, 0.25) is 0 Å². The van der Waals surface area contributed by atoms with Crippen molar-refractivity contribution >= 4 is 22.2 Å². The summed E-state index contributed by atoms with van der Waals surface area (Å²) in [5.74, 6) is -0.764. The topological polar surface area (TPSA) is 108 Å². The van der Waals surface area contributed by atoms with Gasteiger partial charge in [-0.15, -0.1) is 0 Å². The van der Waals surface area contributed by atoms with Crippen LogP contribution in [0.2, 0.25) is 0 Å². The maximum absolute atomic E-state index is 12.9. The first kappa shape index (κ1) is 27.0. The van der Waals surface area contributed by atoms with Crippen LogP contribution in [0.5, 0.6) is 5.75 Å². The normalized spacial score (nSPS) is 13.0. The van der Waals surface area contributed by atoms with E-state index in [9.17, 15) is 18.0 Å². The molecule has 1 amide bonds. The molecule has 0 saturated heterocycles. The Kier molecular flexibility index (Phi) is 7.84. The van der Waals surface area contributed by atoms with Crippen molar-refractivity contribution in [1.29, 1.82) is 0 Å². The zero-order chi connectivity index (χ0) is 28.1. The van der Waals surface area contributed by atoms with Crippen molar-refractivity contribution in [3.05, 3.63) is 120 Å². The summed E-state index contributed by atoms with van der Waals surface area (Å²) in [6, 6.07) is 28.3. The summed E-state index contributed by atoms with van der Waals surface area (Å²) in [6.07, 6.45) is -0.785. The summed E-state index contributed by atoms with van der Waals surface area (Å²) in [7, 11) is -4.03. The predicted molar refractivity (Wildman–Crippen MR) is 148 cm³/mol. The number of alkyl carbamates (subject to hydrolysis) is 1. The van der Waals surface area contributed by atoms with E-state index < -0.39 is 28.2 Å². The lowest BCUT2D eigenvalue weighted by Crippen LogP contribution is -2.36. The fourth-order valence-electron chi connectivity index (χ4n) is 4.74. The highest BCUT2D eigenvalue weighted by molar-refractivity contribution is 7.87. The Morgan fingerprint density at radius 2 is 1.35 bits per heavy atom. The minimum atomic E-state index is -4.03. The van der Waals surface area contributed by atoms with Crippen LogP contribution in [0.3, 0.4) is 0 Å². The van der Waals surface area contributed by atoms with Gasteiger partial charge in [0.15, 0.2) is 6.04 Å². The van der Waals surface area contributed by atoms with Crippen molar-refractivity contribution in [3.63, 3.8) is 0 Å². The second-order valence-corrected chi connectivity index (χ2v) is 10.6. The molecular formula is C31H27NO7S. The molecule has 0 fully saturated rings. The molecule has 1 unspecified atom stereocenters. The van der Waals surface area contributed by atoms with Crippen molar-refractivity contribution in [2.24, 2.45) is 0 Å². The monoisotopic (exact) mass is 557 g/mol. The van der Waals surface area contributed by atoms with Crippen LogP contribution in [0.4, 0.5) is 4.79 Å². The van der Waals surface area contributed by atoms with Crippen LogP contribution in [0.1, 0.15) is 35.6 Å². The average Bonchev–Trinajstić information content (AvgIpc) is 3.29. The summed E-state index contributed by atoms with van der Waals surface area (Å²) in [5, 5.41) is 2.59. The molecule has 0 aromatic heterocycles. The van der Waals surface area contributed by atoms with Gasteiger partial charge in [0.05, 0.1) is 6.61 Å². The minimum absolute atomic E-state index is 0.0143. The molecular weight excluding hydrogens is 530 g/mol. The molecule has 40 heavy (non-hydrogen) atoms. The number of amides is 1. The Labute approximate surface area is 232 Å². The maximum atomic E-state index is 12.9. The quantitative estimate of drug-likeness (QED) is 0.211. The van der Waals surface area contributed by atoms with Gasteiger partial charge in [-0.2, -0.15) is 8.42 Å². The van der Waals surface area contributed by atoms with E-state index in [2.05, 4.69) is 5.32 Å². The number of hydrogen-bond acceptors (Lipinski definition) is 7. The van der Waals surface area contributed by atoms with Crippen LogP contribution < -0.4 is 9.50 Å². The Morgan fingerprint density at radius 3 is 1.95 bits per heavy atom. The summed E-state index contributed by atoms with van der Waals surface area (Å²) in [5.41, 5.74) is 4.72. The van der Waals surface area contributed by atoms with E-state index in [0.29, 0.717) is 5.56 Å². The van der Waals surface area contributed by atoms with Crippen molar-refractivity contribution < 1.29 is 31.7 Å². The molecule has 5 rings (SSSR count). The Morgan fingerprint density at radius 1 is 0.775 bits per heavy atom. The highest BCUT2D eigenvalue weighted by atomic mass is 32.2. The molecule has 0 spiro atoms. The van der Waals surface area contributed by atoms with Crippen LogP contribution in [-0.4, -0.2) is 33.7 Å². The van der Waals surface area contributed by atoms with Gasteiger partial charge < -0.3 is 19.0 Å². The first-order valence-corrected chi connectivity index (χ1v) is 14.2. The third-order valence-electron chi connectivity index (χ3n) is 6.58. The molecule has 4 aromatic rings. The molecule has 0 radical (unpaired) electrons. The lowest BCUT2D eigenvalue weighted by atomic mass is 9.98. The Hall–Kier alpha value is -4.63. The van der Waals surface area contributed by atoms with Gasteiger partial charge in [-0.3, -0.25) is 0 Å². The third kappa shape index (κ3) is 5.69. The fraction of sp³-hybridized carbons (Fsp3) is 0.161. The van der Waals surface area contributed by atoms with Crippen LogP contribution in [0, 0.1) is 0 Å². The van der Waals surface area contributed by atoms with Crippen molar-refractivity contribution in [3.8, 4) is 16.9 Å². The standard InChI is InChI=1S/C31H27NO7S/c1-2-37-30(33)29(21-16-18-22(19-17-21)39-40(35,36)23-10-4-3-5-11-23)32-31(34)38-20-28-26-14-8-6-12-24(26)25-13-7-9-15-27(25)28/h3-19,28-29H,2,20H2,1H3,(H,32,34). The van der Waals surface area contributed by atoms with Gasteiger partial charge in [-0.05, 0) is 59.0 Å². The third-order valence-corrected chi connectivity index (χ3v) is 7.84. The van der Waals surface area contributed by atoms with E-state index in [1.807, 2.05) is 48.5 Å². The number of carbonyl (C=O) groups excluding carboxylic acids is 2. The number of nitrogens with one attached hydrogen (secondary N) is 1. The van der Waals surface area contributed by atoms with Crippen molar-refractivity contribution in [2.75, 3.05) is 13.2 Å². The van der Waals surface area contributed by atoms with Gasteiger partial charge in [-0.25, -0.2) is 9.59 Å². The molecule has 0 bridgehead atoms. The zero-order valence-corrected chi connectivity index (χ0v) is 22.5. The number of rotatable bonds is 9. The number of benzene rings is 4. The van der Waals surface area contributed by atoms with Gasteiger partial charge in [0.25, 0.3) is 0 Å². The maximum Gasteiger partial charge on any atom is 0.408 e. The van der Waals surface area contributed by atoms with Gasteiger partial charge in [0.1, 0.15) is 17.3 Å². The van der Waals surface area contributed by atoms with Crippen molar-refractivity contribution in [2.45, 2.75) is 23.8 Å². The lowest BCUT2D eigenvalue weighted by molar-refractivity contribution is -0.145. The Balaban J connectivity index is 1.28. The Bertz CT molecular complexity index is 1570. The van der Waals surface area contributed by atoms with Crippen LogP contribution in [0.15, 0.2) is 108 Å². The average molecular weight is 558 g/mol. The summed E-state index contributed by atoms with van der Waals surface area (Å²) >= 11 is 0. The number of esters is 1. The van der Waals surface area contributed by atoms with E-state index in [1.165, 1.54) is 36.4 Å². The molecule has 1 aliphatic carbocycles. The van der Waals surface area contributed by atoms with E-state index in [-0.39, 0.29) is 29.8 Å². The largest absolute Gasteiger partial charge is 0.464 e. The van der Waals surface area contributed by atoms with Crippen LogP contribution in [0.25, 0.3) is 11.1 Å². The van der Waals surface area contributed by atoms with E-state index >= 15 is 0 Å². The second-order valence-electron chi connectivity index (χ2n) is 9.07. The molecule has 1 aliphatic rings. The first-order chi connectivity index (χ1) is 19.4. The molecule has 0 aliphatic heterocycles. The fourth-order valence-corrected chi connectivity index (χ4v) is 5.69. The molecule has 8 nitrogen and oxygen atoms in total. The zero-order valence-electron chi connectivity index (χ0n) is 21.6. The molecule has 1 N–H and O–H groups in total. The smallest absolute Gasteiger partial charge is 0.408 e. The summed E-state index contributed by atoms with van der Waals surface area (Å²) in [6.45, 7) is 1.85.